The van der Waals surface area contributed by atoms with Crippen LogP contribution in [0.3, 0.4) is 0 Å². The molecule has 1 amide bonds. The van der Waals surface area contributed by atoms with Crippen LogP contribution in [0.4, 0.5) is 0 Å². The smallest absolute Gasteiger partial charge is 0.248 e. The third-order valence-corrected chi connectivity index (χ3v) is 3.81. The SMILES string of the molecule is COCC(=O)N1Cc2nccn2C[C@@H](COc2cccnc2)C1. The molecule has 0 saturated heterocycles. The molecule has 1 aliphatic rings. The van der Waals surface area contributed by atoms with E-state index in [9.17, 15) is 4.79 Å². The van der Waals surface area contributed by atoms with Gasteiger partial charge in [0.05, 0.1) is 19.3 Å². The first-order chi connectivity index (χ1) is 11.3. The summed E-state index contributed by atoms with van der Waals surface area (Å²) < 4.78 is 12.9. The number of fused-ring (bicyclic) bond motifs is 1. The van der Waals surface area contributed by atoms with Crippen molar-refractivity contribution in [3.63, 3.8) is 0 Å². The summed E-state index contributed by atoms with van der Waals surface area (Å²) in [6.45, 7) is 2.48. The standard InChI is InChI=1S/C16H20N4O3/c1-22-12-16(21)20-9-13(8-19-6-5-18-15(19)10-20)11-23-14-3-2-4-17-7-14/h2-7,13H,8-12H2,1H3/t13-/m1/s1. The third-order valence-electron chi connectivity index (χ3n) is 3.81. The van der Waals surface area contributed by atoms with Crippen LogP contribution in [-0.4, -0.2) is 52.2 Å². The summed E-state index contributed by atoms with van der Waals surface area (Å²) in [5.74, 6) is 1.76. The van der Waals surface area contributed by atoms with Crippen LogP contribution in [0.25, 0.3) is 0 Å². The lowest BCUT2D eigenvalue weighted by Crippen LogP contribution is -2.37. The van der Waals surface area contributed by atoms with Crippen molar-refractivity contribution in [3.8, 4) is 5.75 Å². The number of rotatable bonds is 5. The molecule has 0 saturated carbocycles. The van der Waals surface area contributed by atoms with Gasteiger partial charge >= 0.3 is 0 Å². The fourth-order valence-electron chi connectivity index (χ4n) is 2.70. The van der Waals surface area contributed by atoms with Gasteiger partial charge in [0.1, 0.15) is 18.2 Å². The van der Waals surface area contributed by atoms with E-state index in [-0.39, 0.29) is 18.4 Å². The maximum atomic E-state index is 12.2. The number of ether oxygens (including phenoxy) is 2. The molecule has 0 N–H and O–H groups in total. The Morgan fingerprint density at radius 3 is 3.09 bits per heavy atom. The van der Waals surface area contributed by atoms with E-state index < -0.39 is 0 Å². The lowest BCUT2D eigenvalue weighted by molar-refractivity contribution is -0.136. The Labute approximate surface area is 134 Å². The number of pyridine rings is 1. The average molecular weight is 316 g/mol. The van der Waals surface area contributed by atoms with Gasteiger partial charge in [-0.05, 0) is 12.1 Å². The van der Waals surface area contributed by atoms with Crippen LogP contribution in [0, 0.1) is 5.92 Å². The van der Waals surface area contributed by atoms with Crippen molar-refractivity contribution >= 4 is 5.91 Å². The van der Waals surface area contributed by atoms with Crippen molar-refractivity contribution in [2.24, 2.45) is 5.92 Å². The lowest BCUT2D eigenvalue weighted by atomic mass is 10.1. The van der Waals surface area contributed by atoms with Crippen molar-refractivity contribution in [1.29, 1.82) is 0 Å². The molecule has 2 aromatic rings. The first-order valence-electron chi connectivity index (χ1n) is 7.56. The number of hydrogen-bond donors (Lipinski definition) is 0. The average Bonchev–Trinajstić information content (AvgIpc) is 2.92. The first-order valence-corrected chi connectivity index (χ1v) is 7.56. The van der Waals surface area contributed by atoms with E-state index in [1.165, 1.54) is 7.11 Å². The van der Waals surface area contributed by atoms with Gasteiger partial charge in [0.15, 0.2) is 0 Å². The van der Waals surface area contributed by atoms with Crippen LogP contribution in [0.15, 0.2) is 36.9 Å². The zero-order valence-corrected chi connectivity index (χ0v) is 13.1. The summed E-state index contributed by atoms with van der Waals surface area (Å²) in [7, 11) is 1.53. The maximum absolute atomic E-state index is 12.2. The molecule has 7 heteroatoms. The highest BCUT2D eigenvalue weighted by atomic mass is 16.5. The minimum atomic E-state index is -0.0321. The predicted octanol–water partition coefficient (Wildman–Crippen LogP) is 0.962. The quantitative estimate of drug-likeness (QED) is 0.822. The molecule has 0 spiro atoms. The van der Waals surface area contributed by atoms with Gasteiger partial charge in [0.25, 0.3) is 0 Å². The Balaban J connectivity index is 1.70. The van der Waals surface area contributed by atoms with Gasteiger partial charge in [-0.3, -0.25) is 9.78 Å². The van der Waals surface area contributed by atoms with Crippen LogP contribution in [-0.2, 0) is 22.6 Å². The Morgan fingerprint density at radius 1 is 1.39 bits per heavy atom. The number of amides is 1. The molecule has 7 nitrogen and oxygen atoms in total. The van der Waals surface area contributed by atoms with Crippen LogP contribution >= 0.6 is 0 Å². The van der Waals surface area contributed by atoms with E-state index in [4.69, 9.17) is 9.47 Å². The van der Waals surface area contributed by atoms with E-state index in [2.05, 4.69) is 14.5 Å². The molecule has 0 unspecified atom stereocenters. The number of carbonyl (C=O) groups is 1. The number of nitrogens with zero attached hydrogens (tertiary/aromatic N) is 4. The number of aromatic nitrogens is 3. The molecule has 23 heavy (non-hydrogen) atoms. The zero-order chi connectivity index (χ0) is 16.1. The van der Waals surface area contributed by atoms with Crippen LogP contribution in [0.2, 0.25) is 0 Å². The second-order valence-electron chi connectivity index (χ2n) is 5.57. The Hall–Kier alpha value is -2.41. The van der Waals surface area contributed by atoms with Crippen LogP contribution in [0.1, 0.15) is 5.82 Å². The van der Waals surface area contributed by atoms with Crippen molar-refractivity contribution in [2.45, 2.75) is 13.1 Å². The number of methoxy groups -OCH3 is 1. The zero-order valence-electron chi connectivity index (χ0n) is 13.1. The minimum Gasteiger partial charge on any atom is -0.492 e. The molecule has 1 aliphatic heterocycles. The summed E-state index contributed by atoms with van der Waals surface area (Å²) in [5, 5.41) is 0. The molecule has 1 atom stereocenters. The molecular formula is C16H20N4O3. The van der Waals surface area contributed by atoms with E-state index in [1.807, 2.05) is 18.3 Å². The summed E-state index contributed by atoms with van der Waals surface area (Å²) in [4.78, 5) is 22.4. The van der Waals surface area contributed by atoms with E-state index in [1.54, 1.807) is 23.5 Å². The molecular weight excluding hydrogens is 296 g/mol. The molecule has 0 aromatic carbocycles. The number of hydrogen-bond acceptors (Lipinski definition) is 5. The Morgan fingerprint density at radius 2 is 2.30 bits per heavy atom. The highest BCUT2D eigenvalue weighted by molar-refractivity contribution is 5.77. The molecule has 3 rings (SSSR count). The molecule has 0 fully saturated rings. The normalized spacial score (nSPS) is 17.4. The highest BCUT2D eigenvalue weighted by Gasteiger charge is 2.26. The maximum Gasteiger partial charge on any atom is 0.248 e. The fourth-order valence-corrected chi connectivity index (χ4v) is 2.70. The van der Waals surface area contributed by atoms with Crippen molar-refractivity contribution in [3.05, 3.63) is 42.7 Å². The van der Waals surface area contributed by atoms with Crippen molar-refractivity contribution < 1.29 is 14.3 Å². The Bertz CT molecular complexity index is 644. The van der Waals surface area contributed by atoms with E-state index in [0.717, 1.165) is 18.1 Å². The second kappa shape index (κ2) is 7.23. The van der Waals surface area contributed by atoms with Crippen LogP contribution in [0.5, 0.6) is 5.75 Å². The summed E-state index contributed by atoms with van der Waals surface area (Å²) in [6.07, 6.45) is 7.10. The summed E-state index contributed by atoms with van der Waals surface area (Å²) >= 11 is 0. The van der Waals surface area contributed by atoms with Gasteiger partial charge in [0, 0.05) is 44.7 Å². The number of imidazole rings is 1. The van der Waals surface area contributed by atoms with E-state index >= 15 is 0 Å². The highest BCUT2D eigenvalue weighted by Crippen LogP contribution is 2.17. The summed E-state index contributed by atoms with van der Waals surface area (Å²) in [6, 6.07) is 3.71. The van der Waals surface area contributed by atoms with Crippen molar-refractivity contribution in [2.75, 3.05) is 26.9 Å². The molecule has 0 radical (unpaired) electrons. The van der Waals surface area contributed by atoms with E-state index in [0.29, 0.717) is 19.7 Å². The number of carbonyl (C=O) groups excluding carboxylic acids is 1. The molecule has 122 valence electrons. The lowest BCUT2D eigenvalue weighted by Gasteiger charge is -2.23. The predicted molar refractivity (Wildman–Crippen MR) is 82.7 cm³/mol. The van der Waals surface area contributed by atoms with Crippen molar-refractivity contribution in [1.82, 2.24) is 19.4 Å². The third kappa shape index (κ3) is 3.87. The molecule has 3 heterocycles. The van der Waals surface area contributed by atoms with Crippen LogP contribution < -0.4 is 4.74 Å². The molecule has 2 aromatic heterocycles. The van der Waals surface area contributed by atoms with Gasteiger partial charge in [-0.1, -0.05) is 0 Å². The second-order valence-corrected chi connectivity index (χ2v) is 5.57. The monoisotopic (exact) mass is 316 g/mol. The van der Waals surface area contributed by atoms with Gasteiger partial charge in [0.2, 0.25) is 5.91 Å². The minimum absolute atomic E-state index is 0.0321. The molecule has 0 bridgehead atoms. The summed E-state index contributed by atoms with van der Waals surface area (Å²) in [5.41, 5.74) is 0. The van der Waals surface area contributed by atoms with Gasteiger partial charge in [-0.25, -0.2) is 4.98 Å². The van der Waals surface area contributed by atoms with Gasteiger partial charge in [-0.2, -0.15) is 0 Å². The topological polar surface area (TPSA) is 69.5 Å². The Kier molecular flexibility index (Phi) is 4.87. The first kappa shape index (κ1) is 15.5. The largest absolute Gasteiger partial charge is 0.492 e. The fraction of sp³-hybridized carbons (Fsp3) is 0.438. The van der Waals surface area contributed by atoms with Gasteiger partial charge < -0.3 is 18.9 Å². The van der Waals surface area contributed by atoms with Gasteiger partial charge in [-0.15, -0.1) is 0 Å². The molecule has 0 aliphatic carbocycles.